The van der Waals surface area contributed by atoms with E-state index >= 15 is 0 Å². The highest BCUT2D eigenvalue weighted by Crippen LogP contribution is 2.24. The molecule has 3 atom stereocenters. The van der Waals surface area contributed by atoms with Gasteiger partial charge >= 0.3 is 0 Å². The lowest BCUT2D eigenvalue weighted by atomic mass is 9.90. The van der Waals surface area contributed by atoms with Crippen LogP contribution in [0.4, 0.5) is 0 Å². The number of hydrogen-bond donors (Lipinski definition) is 4. The molecule has 0 amide bonds. The Labute approximate surface area is 323 Å². The second-order valence-electron chi connectivity index (χ2n) is 17.3. The molecule has 0 aliphatic carbocycles. The van der Waals surface area contributed by atoms with Crippen molar-refractivity contribution >= 4 is 17.7 Å². The number of hydrogen-bond acceptors (Lipinski definition) is 9. The monoisotopic (exact) mass is 757 g/mol. The van der Waals surface area contributed by atoms with Gasteiger partial charge in [-0.1, -0.05) is 103 Å². The van der Waals surface area contributed by atoms with E-state index in [0.717, 1.165) is 57.4 Å². The van der Waals surface area contributed by atoms with E-state index in [4.69, 9.17) is 0 Å². The molecule has 0 spiro atoms. The maximum absolute atomic E-state index is 12.0. The minimum absolute atomic E-state index is 0.0470. The van der Waals surface area contributed by atoms with Crippen LogP contribution >= 0.6 is 0 Å². The molecule has 0 aliphatic heterocycles. The van der Waals surface area contributed by atoms with Crippen molar-refractivity contribution in [2.24, 2.45) is 0 Å². The van der Waals surface area contributed by atoms with Crippen LogP contribution in [-0.4, -0.2) is 120 Å². The second-order valence-corrected chi connectivity index (χ2v) is 17.3. The normalized spacial score (nSPS) is 15.3. The quantitative estimate of drug-likeness (QED) is 0.0245. The number of unbranched alkanes of at least 4 members (excludes halogenated alkanes) is 13. The van der Waals surface area contributed by atoms with Gasteiger partial charge in [0.15, 0.2) is 11.4 Å². The number of aliphatic hydroxyl groups is 4. The summed E-state index contributed by atoms with van der Waals surface area (Å²) in [4.78, 5) is 33.9. The lowest BCUT2D eigenvalue weighted by molar-refractivity contribution is -0.877. The SMILES string of the molecule is CCCC/C=C\CCCCCC(O)CCC(O)(CC(=O)[O-])C[N+](C)(C)C.CCCCCCCCCCCC(=O)C=C(O)C(O)(CC(=O)[O-])C[N+](C)(C)C. The van der Waals surface area contributed by atoms with E-state index in [-0.39, 0.29) is 36.1 Å². The van der Waals surface area contributed by atoms with Gasteiger partial charge in [0.25, 0.3) is 0 Å². The fraction of sp³-hybridized carbons (Fsp3) is 0.833. The molecule has 0 aliphatic rings. The summed E-state index contributed by atoms with van der Waals surface area (Å²) in [5.41, 5.74) is -3.34. The van der Waals surface area contributed by atoms with Crippen LogP contribution in [0.15, 0.2) is 24.0 Å². The van der Waals surface area contributed by atoms with Crippen molar-refractivity contribution in [3.63, 3.8) is 0 Å². The number of carboxylic acids is 2. The third-order valence-electron chi connectivity index (χ3n) is 8.96. The molecule has 0 saturated heterocycles. The maximum Gasteiger partial charge on any atom is 0.175 e. The third-order valence-corrected chi connectivity index (χ3v) is 8.96. The van der Waals surface area contributed by atoms with Gasteiger partial charge in [-0.15, -0.1) is 0 Å². The van der Waals surface area contributed by atoms with Gasteiger partial charge in [-0.05, 0) is 44.9 Å². The van der Waals surface area contributed by atoms with Crippen molar-refractivity contribution < 1.29 is 54.0 Å². The van der Waals surface area contributed by atoms with Crippen LogP contribution < -0.4 is 10.2 Å². The van der Waals surface area contributed by atoms with Crippen molar-refractivity contribution in [1.29, 1.82) is 0 Å². The van der Waals surface area contributed by atoms with E-state index < -0.39 is 41.4 Å². The Kier molecular flexibility index (Phi) is 28.9. The first-order valence-electron chi connectivity index (χ1n) is 20.3. The summed E-state index contributed by atoms with van der Waals surface area (Å²) < 4.78 is 0.694. The highest BCUT2D eigenvalue weighted by Gasteiger charge is 2.38. The molecule has 11 nitrogen and oxygen atoms in total. The summed E-state index contributed by atoms with van der Waals surface area (Å²) in [6.07, 6.45) is 23.7. The minimum Gasteiger partial charge on any atom is -0.550 e. The fourth-order valence-corrected chi connectivity index (χ4v) is 6.55. The second kappa shape index (κ2) is 29.0. The Morgan fingerprint density at radius 3 is 1.60 bits per heavy atom. The zero-order valence-electron chi connectivity index (χ0n) is 35.0. The van der Waals surface area contributed by atoms with Crippen molar-refractivity contribution in [2.75, 3.05) is 55.4 Å². The molecular formula is C42H80N2O9. The van der Waals surface area contributed by atoms with E-state index in [1.807, 2.05) is 21.1 Å². The van der Waals surface area contributed by atoms with E-state index in [2.05, 4.69) is 26.0 Å². The minimum atomic E-state index is -2.01. The lowest BCUT2D eigenvalue weighted by Gasteiger charge is -2.36. The number of nitrogens with zero attached hydrogens (tertiary/aromatic N) is 2. The molecule has 0 radical (unpaired) electrons. The van der Waals surface area contributed by atoms with E-state index in [9.17, 15) is 45.0 Å². The van der Waals surface area contributed by atoms with Crippen molar-refractivity contribution in [3.8, 4) is 0 Å². The first-order chi connectivity index (χ1) is 24.6. The van der Waals surface area contributed by atoms with Gasteiger partial charge in [-0.2, -0.15) is 0 Å². The number of rotatable bonds is 32. The molecule has 0 aromatic carbocycles. The number of aliphatic carboxylic acids is 2. The number of likely N-dealkylation sites (N-methyl/N-ethyl adjacent to an activating group) is 2. The largest absolute Gasteiger partial charge is 0.550 e. The summed E-state index contributed by atoms with van der Waals surface area (Å²) in [7, 11) is 11.0. The van der Waals surface area contributed by atoms with Crippen LogP contribution in [0.1, 0.15) is 155 Å². The van der Waals surface area contributed by atoms with Crippen LogP contribution in [0, 0.1) is 0 Å². The molecule has 0 saturated carbocycles. The maximum atomic E-state index is 12.0. The van der Waals surface area contributed by atoms with Crippen molar-refractivity contribution in [3.05, 3.63) is 24.0 Å². The zero-order valence-corrected chi connectivity index (χ0v) is 35.0. The van der Waals surface area contributed by atoms with Gasteiger partial charge < -0.3 is 49.2 Å². The molecule has 4 N–H and O–H groups in total. The first kappa shape index (κ1) is 52.8. The molecule has 312 valence electrons. The van der Waals surface area contributed by atoms with Crippen LogP contribution in [-0.2, 0) is 14.4 Å². The van der Waals surface area contributed by atoms with Crippen LogP contribution in [0.5, 0.6) is 0 Å². The molecule has 0 aromatic heterocycles. The van der Waals surface area contributed by atoms with Crippen molar-refractivity contribution in [1.82, 2.24) is 0 Å². The van der Waals surface area contributed by atoms with E-state index in [1.54, 1.807) is 21.1 Å². The number of carboxylic acid groups (broad SMARTS) is 2. The number of ketones is 1. The number of aliphatic hydroxyl groups excluding tert-OH is 2. The summed E-state index contributed by atoms with van der Waals surface area (Å²) in [6, 6.07) is 0. The predicted molar refractivity (Wildman–Crippen MR) is 209 cm³/mol. The highest BCUT2D eigenvalue weighted by molar-refractivity contribution is 5.90. The Hall–Kier alpha value is -2.31. The average Bonchev–Trinajstić information content (AvgIpc) is 3.00. The van der Waals surface area contributed by atoms with Gasteiger partial charge in [0, 0.05) is 37.3 Å². The summed E-state index contributed by atoms with van der Waals surface area (Å²) in [5, 5.41) is 63.4. The lowest BCUT2D eigenvalue weighted by Crippen LogP contribution is -2.52. The molecule has 3 unspecified atom stereocenters. The fourth-order valence-electron chi connectivity index (χ4n) is 6.55. The molecule has 0 aromatic rings. The Morgan fingerprint density at radius 2 is 1.11 bits per heavy atom. The summed E-state index contributed by atoms with van der Waals surface area (Å²) in [6.45, 7) is 4.67. The standard InChI is InChI=1S/C21H39NO5.C21H41NO4/c1-5-6-7-8-9-10-11-12-13-14-18(23)15-19(24)21(27,16-20(25)26)17-22(2,3)4;1-5-6-7-8-9-10-11-12-13-14-19(23)15-16-21(26,17-20(24)25)18-22(2,3)4/h15,27H,5-14,16-17H2,1-4H3,(H-,23,24,25,26);8-9,19,23,26H,5-7,10-18H2,1-4H3/b;9-8-. The van der Waals surface area contributed by atoms with E-state index in [0.29, 0.717) is 23.9 Å². The number of carbonyl (C=O) groups is 3. The zero-order chi connectivity index (χ0) is 41.0. The molecule has 0 bridgehead atoms. The average molecular weight is 757 g/mol. The number of carbonyl (C=O) groups excluding carboxylic acids is 3. The van der Waals surface area contributed by atoms with Gasteiger partial charge in [0.05, 0.1) is 48.4 Å². The number of quaternary nitrogens is 2. The van der Waals surface area contributed by atoms with Gasteiger partial charge in [-0.3, -0.25) is 4.79 Å². The smallest absolute Gasteiger partial charge is 0.175 e. The topological polar surface area (TPSA) is 178 Å². The van der Waals surface area contributed by atoms with Gasteiger partial charge in [0.1, 0.15) is 24.4 Å². The van der Waals surface area contributed by atoms with Gasteiger partial charge in [-0.25, -0.2) is 0 Å². The first-order valence-corrected chi connectivity index (χ1v) is 20.3. The molecule has 11 heteroatoms. The van der Waals surface area contributed by atoms with E-state index in [1.165, 1.54) is 51.4 Å². The van der Waals surface area contributed by atoms with Crippen LogP contribution in [0.2, 0.25) is 0 Å². The Bertz CT molecular complexity index is 1050. The summed E-state index contributed by atoms with van der Waals surface area (Å²) >= 11 is 0. The Balaban J connectivity index is 0. The van der Waals surface area contributed by atoms with Crippen LogP contribution in [0.3, 0.4) is 0 Å². The third kappa shape index (κ3) is 34.0. The molecule has 0 rings (SSSR count). The molecule has 53 heavy (non-hydrogen) atoms. The number of allylic oxidation sites excluding steroid dienone is 3. The summed E-state index contributed by atoms with van der Waals surface area (Å²) in [5.74, 6) is -3.62. The molecule has 0 heterocycles. The predicted octanol–water partition coefficient (Wildman–Crippen LogP) is 4.90. The van der Waals surface area contributed by atoms with Crippen molar-refractivity contribution in [2.45, 2.75) is 172 Å². The van der Waals surface area contributed by atoms with Gasteiger partial charge in [0.2, 0.25) is 0 Å². The Morgan fingerprint density at radius 1 is 0.642 bits per heavy atom. The molecular weight excluding hydrogens is 676 g/mol. The molecule has 0 fully saturated rings. The van der Waals surface area contributed by atoms with Crippen LogP contribution in [0.25, 0.3) is 0 Å². The highest BCUT2D eigenvalue weighted by atomic mass is 16.4.